The molecule has 1 aromatic heterocycles. The highest BCUT2D eigenvalue weighted by Gasteiger charge is 2.45. The van der Waals surface area contributed by atoms with Crippen LogP contribution in [0.2, 0.25) is 0 Å². The van der Waals surface area contributed by atoms with Crippen LogP contribution < -0.4 is 5.32 Å². The number of carbonyl (C=O) groups is 2. The number of nitrogens with zero attached hydrogens (tertiary/aromatic N) is 3. The number of amides is 2. The number of nitrogens with one attached hydrogen (secondary N) is 1. The zero-order valence-corrected chi connectivity index (χ0v) is 13.4. The highest BCUT2D eigenvalue weighted by atomic mass is 19.1. The summed E-state index contributed by atoms with van der Waals surface area (Å²) in [6.45, 7) is 0.779. The molecule has 2 amide bonds. The molecule has 1 aliphatic heterocycles. The molecular formula is C17H19FN4O2. The van der Waals surface area contributed by atoms with Crippen molar-refractivity contribution >= 4 is 11.8 Å². The standard InChI is InChI=1S/C17H19FN4O2/c1-19-16(24)17(22-11-3-9-20-22)8-2-10-21(12-17)15(23)13-4-6-14(18)7-5-13/h3-7,9,11H,2,8,10,12H2,1H3,(H,19,24). The number of benzene rings is 1. The van der Waals surface area contributed by atoms with Gasteiger partial charge in [0.15, 0.2) is 5.54 Å². The van der Waals surface area contributed by atoms with Crippen LogP contribution in [0.15, 0.2) is 42.7 Å². The van der Waals surface area contributed by atoms with E-state index in [1.54, 1.807) is 35.1 Å². The van der Waals surface area contributed by atoms with Gasteiger partial charge in [0.1, 0.15) is 5.82 Å². The molecule has 24 heavy (non-hydrogen) atoms. The van der Waals surface area contributed by atoms with Crippen molar-refractivity contribution in [1.29, 1.82) is 0 Å². The summed E-state index contributed by atoms with van der Waals surface area (Å²) in [6.07, 6.45) is 4.63. The fourth-order valence-corrected chi connectivity index (χ4v) is 3.22. The Morgan fingerprint density at radius 3 is 2.67 bits per heavy atom. The van der Waals surface area contributed by atoms with Gasteiger partial charge in [-0.2, -0.15) is 5.10 Å². The fraction of sp³-hybridized carbons (Fsp3) is 0.353. The van der Waals surface area contributed by atoms with Crippen LogP contribution in [0.1, 0.15) is 23.2 Å². The van der Waals surface area contributed by atoms with Crippen molar-refractivity contribution in [2.45, 2.75) is 18.4 Å². The lowest BCUT2D eigenvalue weighted by atomic mass is 9.87. The molecule has 1 aliphatic rings. The monoisotopic (exact) mass is 330 g/mol. The molecule has 1 N–H and O–H groups in total. The van der Waals surface area contributed by atoms with Crippen molar-refractivity contribution < 1.29 is 14.0 Å². The second-order valence-corrected chi connectivity index (χ2v) is 5.90. The molecule has 0 saturated carbocycles. The number of aromatic nitrogens is 2. The molecule has 3 rings (SSSR count). The molecule has 6 nitrogen and oxygen atoms in total. The predicted molar refractivity (Wildman–Crippen MR) is 85.8 cm³/mol. The zero-order valence-electron chi connectivity index (χ0n) is 13.4. The van der Waals surface area contributed by atoms with E-state index in [1.165, 1.54) is 24.3 Å². The summed E-state index contributed by atoms with van der Waals surface area (Å²) in [4.78, 5) is 26.9. The molecule has 126 valence electrons. The Kier molecular flexibility index (Phi) is 4.33. The van der Waals surface area contributed by atoms with Crippen LogP contribution in [0.5, 0.6) is 0 Å². The van der Waals surface area contributed by atoms with Crippen LogP contribution in [-0.2, 0) is 10.3 Å². The summed E-state index contributed by atoms with van der Waals surface area (Å²) in [6, 6.07) is 7.20. The number of piperidine rings is 1. The Balaban J connectivity index is 1.90. The van der Waals surface area contributed by atoms with E-state index < -0.39 is 5.54 Å². The van der Waals surface area contributed by atoms with Crippen LogP contribution in [0.4, 0.5) is 4.39 Å². The Morgan fingerprint density at radius 1 is 1.29 bits per heavy atom. The van der Waals surface area contributed by atoms with Gasteiger partial charge in [-0.3, -0.25) is 14.3 Å². The van der Waals surface area contributed by atoms with Crippen LogP contribution >= 0.6 is 0 Å². The number of halogens is 1. The normalized spacial score (nSPS) is 20.7. The van der Waals surface area contributed by atoms with Crippen molar-refractivity contribution in [3.63, 3.8) is 0 Å². The topological polar surface area (TPSA) is 67.2 Å². The van der Waals surface area contributed by atoms with Crippen LogP contribution in [0.3, 0.4) is 0 Å². The van der Waals surface area contributed by atoms with E-state index in [4.69, 9.17) is 0 Å². The number of likely N-dealkylation sites (tertiary alicyclic amines) is 1. The average Bonchev–Trinajstić information content (AvgIpc) is 3.16. The Hall–Kier alpha value is -2.70. The van der Waals surface area contributed by atoms with Gasteiger partial charge in [0.05, 0.1) is 6.54 Å². The number of likely N-dealkylation sites (N-methyl/N-ethyl adjacent to an activating group) is 1. The third-order valence-electron chi connectivity index (χ3n) is 4.44. The number of hydrogen-bond donors (Lipinski definition) is 1. The molecule has 0 spiro atoms. The second kappa shape index (κ2) is 6.43. The molecule has 2 heterocycles. The van der Waals surface area contributed by atoms with Gasteiger partial charge < -0.3 is 10.2 Å². The quantitative estimate of drug-likeness (QED) is 0.925. The van der Waals surface area contributed by atoms with Gasteiger partial charge in [0.25, 0.3) is 5.91 Å². The van der Waals surface area contributed by atoms with Crippen LogP contribution in [0.25, 0.3) is 0 Å². The molecule has 2 aromatic rings. The first-order chi connectivity index (χ1) is 11.6. The maximum absolute atomic E-state index is 13.1. The van der Waals surface area contributed by atoms with Gasteiger partial charge in [-0.15, -0.1) is 0 Å². The first-order valence-corrected chi connectivity index (χ1v) is 7.84. The summed E-state index contributed by atoms with van der Waals surface area (Å²) < 4.78 is 14.7. The lowest BCUT2D eigenvalue weighted by Gasteiger charge is -2.41. The largest absolute Gasteiger partial charge is 0.357 e. The third-order valence-corrected chi connectivity index (χ3v) is 4.44. The molecule has 1 unspecified atom stereocenters. The molecule has 1 atom stereocenters. The summed E-state index contributed by atoms with van der Waals surface area (Å²) in [7, 11) is 1.58. The van der Waals surface area contributed by atoms with Crippen molar-refractivity contribution in [2.24, 2.45) is 0 Å². The molecule has 0 aliphatic carbocycles. The van der Waals surface area contributed by atoms with Gasteiger partial charge in [-0.05, 0) is 43.2 Å². The van der Waals surface area contributed by atoms with E-state index in [0.717, 1.165) is 0 Å². The van der Waals surface area contributed by atoms with Crippen molar-refractivity contribution in [2.75, 3.05) is 20.1 Å². The van der Waals surface area contributed by atoms with Gasteiger partial charge in [-0.25, -0.2) is 4.39 Å². The average molecular weight is 330 g/mol. The SMILES string of the molecule is CNC(=O)C1(n2cccn2)CCCN(C(=O)c2ccc(F)cc2)C1. The molecule has 0 bridgehead atoms. The minimum Gasteiger partial charge on any atom is -0.357 e. The lowest BCUT2D eigenvalue weighted by Crippen LogP contribution is -2.59. The van der Waals surface area contributed by atoms with Gasteiger partial charge in [0.2, 0.25) is 5.91 Å². The molecule has 1 fully saturated rings. The maximum atomic E-state index is 13.1. The first kappa shape index (κ1) is 16.2. The third kappa shape index (κ3) is 2.77. The van der Waals surface area contributed by atoms with E-state index in [9.17, 15) is 14.0 Å². The number of hydrogen-bond acceptors (Lipinski definition) is 3. The number of carbonyl (C=O) groups excluding carboxylic acids is 2. The molecule has 0 radical (unpaired) electrons. The summed E-state index contributed by atoms with van der Waals surface area (Å²) in [5.41, 5.74) is -0.517. The van der Waals surface area contributed by atoms with Crippen LogP contribution in [0, 0.1) is 5.82 Å². The zero-order chi connectivity index (χ0) is 17.2. The van der Waals surface area contributed by atoms with Crippen LogP contribution in [-0.4, -0.2) is 46.6 Å². The summed E-state index contributed by atoms with van der Waals surface area (Å²) in [5.74, 6) is -0.778. The highest BCUT2D eigenvalue weighted by molar-refractivity contribution is 5.95. The minimum absolute atomic E-state index is 0.178. The summed E-state index contributed by atoms with van der Waals surface area (Å²) >= 11 is 0. The second-order valence-electron chi connectivity index (χ2n) is 5.90. The lowest BCUT2D eigenvalue weighted by molar-refractivity contribution is -0.132. The maximum Gasteiger partial charge on any atom is 0.253 e. The molecule has 1 aromatic carbocycles. The Morgan fingerprint density at radius 2 is 2.04 bits per heavy atom. The van der Waals surface area contributed by atoms with Gasteiger partial charge in [0, 0.05) is 31.5 Å². The fourth-order valence-electron chi connectivity index (χ4n) is 3.22. The minimum atomic E-state index is -0.924. The highest BCUT2D eigenvalue weighted by Crippen LogP contribution is 2.29. The van der Waals surface area contributed by atoms with E-state index in [1.807, 2.05) is 0 Å². The Bertz CT molecular complexity index is 730. The van der Waals surface area contributed by atoms with Crippen molar-refractivity contribution in [3.05, 3.63) is 54.1 Å². The Labute approximate surface area is 139 Å². The molecular weight excluding hydrogens is 311 g/mol. The van der Waals surface area contributed by atoms with Gasteiger partial charge in [-0.1, -0.05) is 0 Å². The van der Waals surface area contributed by atoms with E-state index in [0.29, 0.717) is 24.9 Å². The van der Waals surface area contributed by atoms with E-state index >= 15 is 0 Å². The first-order valence-electron chi connectivity index (χ1n) is 7.84. The van der Waals surface area contributed by atoms with E-state index in [-0.39, 0.29) is 24.2 Å². The number of rotatable bonds is 3. The van der Waals surface area contributed by atoms with Gasteiger partial charge >= 0.3 is 0 Å². The van der Waals surface area contributed by atoms with Crippen molar-refractivity contribution in [3.8, 4) is 0 Å². The predicted octanol–water partition coefficient (Wildman–Crippen LogP) is 1.40. The van der Waals surface area contributed by atoms with Crippen molar-refractivity contribution in [1.82, 2.24) is 20.0 Å². The molecule has 1 saturated heterocycles. The smallest absolute Gasteiger partial charge is 0.253 e. The molecule has 7 heteroatoms. The summed E-state index contributed by atoms with van der Waals surface area (Å²) in [5, 5.41) is 6.91. The van der Waals surface area contributed by atoms with E-state index in [2.05, 4.69) is 10.4 Å².